The van der Waals surface area contributed by atoms with E-state index < -0.39 is 0 Å². The Kier molecular flexibility index (Phi) is 4.71. The van der Waals surface area contributed by atoms with Gasteiger partial charge in [0, 0.05) is 18.0 Å². The molecule has 0 aliphatic heterocycles. The number of rotatable bonds is 5. The average molecular weight is 344 g/mol. The second-order valence-electron chi connectivity index (χ2n) is 5.72. The molecule has 2 aromatic heterocycles. The molecule has 1 N–H and O–H groups in total. The molecule has 1 aromatic carbocycles. The fourth-order valence-corrected chi connectivity index (χ4v) is 2.50. The largest absolute Gasteiger partial charge is 0.491 e. The molecule has 5 nitrogen and oxygen atoms in total. The molecule has 0 unspecified atom stereocenters. The summed E-state index contributed by atoms with van der Waals surface area (Å²) in [6.07, 6.45) is 3.73. The Morgan fingerprint density at radius 1 is 1.21 bits per heavy atom. The predicted molar refractivity (Wildman–Crippen MR) is 93.6 cm³/mol. The smallest absolute Gasteiger partial charge is 0.251 e. The van der Waals surface area contributed by atoms with E-state index in [0.29, 0.717) is 17.1 Å². The van der Waals surface area contributed by atoms with Crippen molar-refractivity contribution >= 4 is 23.2 Å². The first-order valence-electron chi connectivity index (χ1n) is 7.69. The van der Waals surface area contributed by atoms with E-state index in [4.69, 9.17) is 16.3 Å². The van der Waals surface area contributed by atoms with Crippen LogP contribution >= 0.6 is 11.6 Å². The van der Waals surface area contributed by atoms with Crippen molar-refractivity contribution < 1.29 is 9.53 Å². The van der Waals surface area contributed by atoms with Crippen molar-refractivity contribution in [2.45, 2.75) is 26.5 Å². The second-order valence-corrected chi connectivity index (χ2v) is 6.16. The molecule has 0 aliphatic carbocycles. The lowest BCUT2D eigenvalue weighted by molar-refractivity contribution is 0.0950. The number of amides is 1. The number of pyridine rings is 1. The number of imidazole rings is 1. The number of hydrogen-bond acceptors (Lipinski definition) is 3. The van der Waals surface area contributed by atoms with Gasteiger partial charge in [-0.15, -0.1) is 0 Å². The fraction of sp³-hybridized carbons (Fsp3) is 0.222. The Hall–Kier alpha value is -2.53. The third-order valence-corrected chi connectivity index (χ3v) is 3.61. The maximum atomic E-state index is 12.2. The van der Waals surface area contributed by atoms with E-state index >= 15 is 0 Å². The zero-order valence-corrected chi connectivity index (χ0v) is 14.2. The molecule has 124 valence electrons. The molecule has 3 rings (SSSR count). The minimum absolute atomic E-state index is 0.105. The first kappa shape index (κ1) is 16.3. The normalized spacial score (nSPS) is 11.0. The summed E-state index contributed by atoms with van der Waals surface area (Å²) in [7, 11) is 0. The SMILES string of the molecule is CC(C)Oc1ccc(C(=O)NCc2cn3cc(Cl)ccc3n2)cc1. The van der Waals surface area contributed by atoms with Crippen LogP contribution in [0.5, 0.6) is 5.75 Å². The quantitative estimate of drug-likeness (QED) is 0.768. The standard InChI is InChI=1S/C18H18ClN3O2/c1-12(2)24-16-6-3-13(4-7-16)18(23)20-9-15-11-22-10-14(19)5-8-17(22)21-15/h3-8,10-12H,9H2,1-2H3,(H,20,23). The van der Waals surface area contributed by atoms with Crippen molar-refractivity contribution in [3.8, 4) is 5.75 Å². The second kappa shape index (κ2) is 6.93. The van der Waals surface area contributed by atoms with Gasteiger partial charge in [-0.2, -0.15) is 0 Å². The molecule has 0 spiro atoms. The third kappa shape index (κ3) is 3.86. The van der Waals surface area contributed by atoms with Gasteiger partial charge in [0.2, 0.25) is 0 Å². The van der Waals surface area contributed by atoms with Crippen LogP contribution in [0, 0.1) is 0 Å². The highest BCUT2D eigenvalue weighted by Crippen LogP contribution is 2.14. The maximum absolute atomic E-state index is 12.2. The molecule has 0 atom stereocenters. The highest BCUT2D eigenvalue weighted by atomic mass is 35.5. The number of hydrogen-bond donors (Lipinski definition) is 1. The minimum Gasteiger partial charge on any atom is -0.491 e. The number of nitrogens with one attached hydrogen (secondary N) is 1. The van der Waals surface area contributed by atoms with Gasteiger partial charge in [0.1, 0.15) is 11.4 Å². The molecule has 6 heteroatoms. The molecule has 0 aliphatic rings. The molecule has 0 saturated carbocycles. The maximum Gasteiger partial charge on any atom is 0.251 e. The molecule has 0 bridgehead atoms. The Balaban J connectivity index is 1.63. The van der Waals surface area contributed by atoms with Crippen LogP contribution in [0.1, 0.15) is 29.9 Å². The number of benzene rings is 1. The molecular formula is C18H18ClN3O2. The van der Waals surface area contributed by atoms with Gasteiger partial charge in [-0.05, 0) is 50.2 Å². The van der Waals surface area contributed by atoms with Crippen molar-refractivity contribution in [1.82, 2.24) is 14.7 Å². The summed E-state index contributed by atoms with van der Waals surface area (Å²) in [4.78, 5) is 16.6. The van der Waals surface area contributed by atoms with Crippen LogP contribution in [0.2, 0.25) is 5.02 Å². The van der Waals surface area contributed by atoms with Crippen molar-refractivity contribution in [2.24, 2.45) is 0 Å². The summed E-state index contributed by atoms with van der Waals surface area (Å²) < 4.78 is 7.40. The first-order valence-corrected chi connectivity index (χ1v) is 8.07. The van der Waals surface area contributed by atoms with Gasteiger partial charge < -0.3 is 14.5 Å². The number of halogens is 1. The van der Waals surface area contributed by atoms with Gasteiger partial charge in [0.15, 0.2) is 0 Å². The van der Waals surface area contributed by atoms with E-state index in [1.54, 1.807) is 36.5 Å². The van der Waals surface area contributed by atoms with Crippen LogP contribution in [-0.4, -0.2) is 21.4 Å². The number of aromatic nitrogens is 2. The molecule has 1 amide bonds. The van der Waals surface area contributed by atoms with Crippen LogP contribution in [0.15, 0.2) is 48.8 Å². The van der Waals surface area contributed by atoms with Gasteiger partial charge in [0.05, 0.1) is 23.4 Å². The summed E-state index contributed by atoms with van der Waals surface area (Å²) in [6, 6.07) is 10.7. The van der Waals surface area contributed by atoms with Crippen LogP contribution < -0.4 is 10.1 Å². The molecule has 24 heavy (non-hydrogen) atoms. The zero-order chi connectivity index (χ0) is 17.1. The summed E-state index contributed by atoms with van der Waals surface area (Å²) in [5.41, 5.74) is 2.14. The first-order chi connectivity index (χ1) is 11.5. The summed E-state index contributed by atoms with van der Waals surface area (Å²) in [6.45, 7) is 4.27. The van der Waals surface area contributed by atoms with Gasteiger partial charge in [0.25, 0.3) is 5.91 Å². The number of ether oxygens (including phenoxy) is 1. The van der Waals surface area contributed by atoms with Crippen molar-refractivity contribution in [3.63, 3.8) is 0 Å². The Labute approximate surface area is 145 Å². The van der Waals surface area contributed by atoms with Crippen LogP contribution in [0.4, 0.5) is 0 Å². The van der Waals surface area contributed by atoms with E-state index in [1.165, 1.54) is 0 Å². The lowest BCUT2D eigenvalue weighted by Gasteiger charge is -2.10. The molecule has 2 heterocycles. The van der Waals surface area contributed by atoms with Gasteiger partial charge in [-0.1, -0.05) is 11.6 Å². The Morgan fingerprint density at radius 2 is 1.96 bits per heavy atom. The number of fused-ring (bicyclic) bond motifs is 1. The number of nitrogens with zero attached hydrogens (tertiary/aromatic N) is 2. The molecule has 3 aromatic rings. The van der Waals surface area contributed by atoms with E-state index in [2.05, 4.69) is 10.3 Å². The Bertz CT molecular complexity index is 856. The van der Waals surface area contributed by atoms with Gasteiger partial charge in [-0.25, -0.2) is 4.98 Å². The van der Waals surface area contributed by atoms with E-state index in [0.717, 1.165) is 17.1 Å². The lowest BCUT2D eigenvalue weighted by atomic mass is 10.2. The monoisotopic (exact) mass is 343 g/mol. The fourth-order valence-electron chi connectivity index (χ4n) is 2.33. The third-order valence-electron chi connectivity index (χ3n) is 3.38. The minimum atomic E-state index is -0.152. The highest BCUT2D eigenvalue weighted by Gasteiger charge is 2.08. The van der Waals surface area contributed by atoms with E-state index in [-0.39, 0.29) is 12.0 Å². The van der Waals surface area contributed by atoms with Gasteiger partial charge in [-0.3, -0.25) is 4.79 Å². The summed E-state index contributed by atoms with van der Waals surface area (Å²) in [5.74, 6) is 0.597. The molecule has 0 fully saturated rings. The van der Waals surface area contributed by atoms with Crippen LogP contribution in [0.25, 0.3) is 5.65 Å². The van der Waals surface area contributed by atoms with Crippen molar-refractivity contribution in [3.05, 3.63) is 65.1 Å². The average Bonchev–Trinajstić information content (AvgIpc) is 2.94. The van der Waals surface area contributed by atoms with Gasteiger partial charge >= 0.3 is 0 Å². The van der Waals surface area contributed by atoms with Crippen molar-refractivity contribution in [1.29, 1.82) is 0 Å². The highest BCUT2D eigenvalue weighted by molar-refractivity contribution is 6.30. The van der Waals surface area contributed by atoms with Crippen molar-refractivity contribution in [2.75, 3.05) is 0 Å². The zero-order valence-electron chi connectivity index (χ0n) is 13.5. The topological polar surface area (TPSA) is 55.6 Å². The number of carbonyl (C=O) groups excluding carboxylic acids is 1. The Morgan fingerprint density at radius 3 is 2.67 bits per heavy atom. The van der Waals surface area contributed by atoms with Crippen LogP contribution in [-0.2, 0) is 6.54 Å². The van der Waals surface area contributed by atoms with Crippen LogP contribution in [0.3, 0.4) is 0 Å². The van der Waals surface area contributed by atoms with E-state index in [1.807, 2.05) is 30.5 Å². The molecular weight excluding hydrogens is 326 g/mol. The van der Waals surface area contributed by atoms with E-state index in [9.17, 15) is 4.79 Å². The summed E-state index contributed by atoms with van der Waals surface area (Å²) in [5, 5.41) is 3.50. The molecule has 0 radical (unpaired) electrons. The summed E-state index contributed by atoms with van der Waals surface area (Å²) >= 11 is 5.95. The predicted octanol–water partition coefficient (Wildman–Crippen LogP) is 3.70. The number of carbonyl (C=O) groups is 1. The molecule has 0 saturated heterocycles. The lowest BCUT2D eigenvalue weighted by Crippen LogP contribution is -2.22.